The molecule has 1 aliphatic rings. The van der Waals surface area contributed by atoms with Gasteiger partial charge in [0, 0.05) is 11.1 Å². The first kappa shape index (κ1) is 18.2. The molecule has 25 heavy (non-hydrogen) atoms. The molecule has 3 atom stereocenters. The molecule has 0 radical (unpaired) electrons. The van der Waals surface area contributed by atoms with E-state index in [2.05, 4.69) is 24.1 Å². The molecule has 7 heteroatoms. The number of benzene rings is 1. The van der Waals surface area contributed by atoms with Crippen molar-refractivity contribution in [2.45, 2.75) is 45.7 Å². The summed E-state index contributed by atoms with van der Waals surface area (Å²) in [7, 11) is 0. The lowest BCUT2D eigenvalue weighted by atomic mass is 9.78. The average Bonchev–Trinajstić information content (AvgIpc) is 2.55. The first-order chi connectivity index (χ1) is 11.9. The van der Waals surface area contributed by atoms with E-state index in [4.69, 9.17) is 23.2 Å². The molecule has 1 saturated carbocycles. The highest BCUT2D eigenvalue weighted by atomic mass is 35.5. The molecule has 1 amide bonds. The third kappa shape index (κ3) is 3.82. The van der Waals surface area contributed by atoms with Gasteiger partial charge in [-0.25, -0.2) is 4.98 Å². The molecule has 0 aliphatic heterocycles. The number of halogens is 2. The van der Waals surface area contributed by atoms with E-state index in [0.29, 0.717) is 32.8 Å². The lowest BCUT2D eigenvalue weighted by Gasteiger charge is -2.34. The molecule has 3 rings (SSSR count). The summed E-state index contributed by atoms with van der Waals surface area (Å²) in [6.45, 7) is 4.32. The Morgan fingerprint density at radius 2 is 2.08 bits per heavy atom. The van der Waals surface area contributed by atoms with Gasteiger partial charge in [0.25, 0.3) is 5.56 Å². The molecule has 1 aromatic carbocycles. The fourth-order valence-corrected chi connectivity index (χ4v) is 4.04. The van der Waals surface area contributed by atoms with Crippen molar-refractivity contribution in [3.8, 4) is 0 Å². The Bertz CT molecular complexity index is 865. The van der Waals surface area contributed by atoms with Gasteiger partial charge >= 0.3 is 0 Å². The van der Waals surface area contributed by atoms with Crippen molar-refractivity contribution in [1.82, 2.24) is 14.9 Å². The Hall–Kier alpha value is -1.59. The van der Waals surface area contributed by atoms with Crippen molar-refractivity contribution >= 4 is 40.0 Å². The van der Waals surface area contributed by atoms with Crippen LogP contribution in [0.3, 0.4) is 0 Å². The van der Waals surface area contributed by atoms with E-state index in [1.54, 1.807) is 6.07 Å². The maximum atomic E-state index is 12.6. The van der Waals surface area contributed by atoms with Crippen molar-refractivity contribution in [3.05, 3.63) is 38.9 Å². The predicted octanol–water partition coefficient (Wildman–Crippen LogP) is 3.64. The minimum absolute atomic E-state index is 0.0660. The molecule has 1 N–H and O–H groups in total. The molecule has 0 bridgehead atoms. The topological polar surface area (TPSA) is 64.0 Å². The zero-order valence-electron chi connectivity index (χ0n) is 14.3. The molecule has 5 nitrogen and oxygen atoms in total. The Kier molecular flexibility index (Phi) is 5.35. The molecular formula is C18H21Cl2N3O2. The predicted molar refractivity (Wildman–Crippen MR) is 100 cm³/mol. The lowest BCUT2D eigenvalue weighted by molar-refractivity contribution is -0.123. The minimum atomic E-state index is -0.324. The van der Waals surface area contributed by atoms with Gasteiger partial charge in [-0.15, -0.1) is 0 Å². The van der Waals surface area contributed by atoms with Gasteiger partial charge in [-0.2, -0.15) is 0 Å². The summed E-state index contributed by atoms with van der Waals surface area (Å²) < 4.78 is 1.29. The van der Waals surface area contributed by atoms with Gasteiger partial charge in [-0.1, -0.05) is 49.9 Å². The van der Waals surface area contributed by atoms with Gasteiger partial charge in [-0.05, 0) is 30.4 Å². The highest BCUT2D eigenvalue weighted by molar-refractivity contribution is 6.38. The first-order valence-electron chi connectivity index (χ1n) is 8.50. The fraction of sp³-hybridized carbons (Fsp3) is 0.500. The number of hydrogen-bond donors (Lipinski definition) is 1. The molecule has 134 valence electrons. The Balaban J connectivity index is 1.80. The molecule has 2 aromatic rings. The fourth-order valence-electron chi connectivity index (χ4n) is 3.50. The van der Waals surface area contributed by atoms with Crippen LogP contribution < -0.4 is 10.9 Å². The number of rotatable bonds is 3. The zero-order valence-corrected chi connectivity index (χ0v) is 15.8. The summed E-state index contributed by atoms with van der Waals surface area (Å²) in [4.78, 5) is 29.2. The molecule has 1 fully saturated rings. The molecule has 1 aliphatic carbocycles. The van der Waals surface area contributed by atoms with Crippen LogP contribution in [0.1, 0.15) is 33.1 Å². The summed E-state index contributed by atoms with van der Waals surface area (Å²) in [6, 6.07) is 3.22. The number of aromatic nitrogens is 2. The number of amides is 1. The number of nitrogens with one attached hydrogen (secondary N) is 1. The zero-order chi connectivity index (χ0) is 18.1. The van der Waals surface area contributed by atoms with Crippen molar-refractivity contribution in [2.75, 3.05) is 0 Å². The van der Waals surface area contributed by atoms with Crippen LogP contribution in [-0.4, -0.2) is 21.5 Å². The van der Waals surface area contributed by atoms with E-state index in [1.165, 1.54) is 23.4 Å². The van der Waals surface area contributed by atoms with E-state index >= 15 is 0 Å². The molecule has 0 unspecified atom stereocenters. The maximum Gasteiger partial charge on any atom is 0.261 e. The molecule has 1 heterocycles. The molecule has 0 saturated heterocycles. The smallest absolute Gasteiger partial charge is 0.261 e. The third-order valence-corrected chi connectivity index (χ3v) is 5.72. The standard InChI is InChI=1S/C18H21Cl2N3O2/c1-10-4-3-5-15(11(10)2)22-16(24)8-23-9-21-17-13(18(23)25)6-12(19)7-14(17)20/h6-7,9-11,15H,3-5,8H2,1-2H3,(H,22,24)/t10-,11-,15-/m1/s1. The summed E-state index contributed by atoms with van der Waals surface area (Å²) in [5.41, 5.74) is 0.0667. The minimum Gasteiger partial charge on any atom is -0.352 e. The van der Waals surface area contributed by atoms with Gasteiger partial charge in [0.15, 0.2) is 0 Å². The first-order valence-corrected chi connectivity index (χ1v) is 9.26. The van der Waals surface area contributed by atoms with Crippen LogP contribution in [-0.2, 0) is 11.3 Å². The molecule has 1 aromatic heterocycles. The van der Waals surface area contributed by atoms with Crippen molar-refractivity contribution in [1.29, 1.82) is 0 Å². The normalized spacial score (nSPS) is 23.6. The molecule has 0 spiro atoms. The maximum absolute atomic E-state index is 12.6. The van der Waals surface area contributed by atoms with E-state index in [0.717, 1.165) is 12.8 Å². The second-order valence-corrected chi connectivity index (χ2v) is 7.75. The van der Waals surface area contributed by atoms with Crippen LogP contribution in [0.4, 0.5) is 0 Å². The van der Waals surface area contributed by atoms with E-state index in [1.807, 2.05) is 0 Å². The Labute approximate surface area is 156 Å². The van der Waals surface area contributed by atoms with Crippen molar-refractivity contribution in [3.63, 3.8) is 0 Å². The van der Waals surface area contributed by atoms with Crippen LogP contribution in [0.25, 0.3) is 10.9 Å². The van der Waals surface area contributed by atoms with Crippen LogP contribution >= 0.6 is 23.2 Å². The quantitative estimate of drug-likeness (QED) is 0.882. The average molecular weight is 382 g/mol. The van der Waals surface area contributed by atoms with Gasteiger partial charge in [-0.3, -0.25) is 14.2 Å². The second kappa shape index (κ2) is 7.34. The number of carbonyl (C=O) groups excluding carboxylic acids is 1. The highest BCUT2D eigenvalue weighted by Crippen LogP contribution is 2.29. The number of nitrogens with zero attached hydrogens (tertiary/aromatic N) is 2. The number of fused-ring (bicyclic) bond motifs is 1. The SMILES string of the molecule is C[C@@H]1[C@H](C)CCC[C@H]1NC(=O)Cn1cnc2c(Cl)cc(Cl)cc2c1=O. The lowest BCUT2D eigenvalue weighted by Crippen LogP contribution is -2.45. The monoisotopic (exact) mass is 381 g/mol. The van der Waals surface area contributed by atoms with Gasteiger partial charge in [0.2, 0.25) is 5.91 Å². The van der Waals surface area contributed by atoms with Crippen LogP contribution in [0, 0.1) is 11.8 Å². The van der Waals surface area contributed by atoms with Gasteiger partial charge in [0.1, 0.15) is 6.54 Å². The van der Waals surface area contributed by atoms with E-state index in [9.17, 15) is 9.59 Å². The van der Waals surface area contributed by atoms with E-state index in [-0.39, 0.29) is 24.1 Å². The van der Waals surface area contributed by atoms with Crippen molar-refractivity contribution < 1.29 is 4.79 Å². The van der Waals surface area contributed by atoms with Crippen LogP contribution in [0.2, 0.25) is 10.0 Å². The largest absolute Gasteiger partial charge is 0.352 e. The second-order valence-electron chi connectivity index (χ2n) is 6.90. The van der Waals surface area contributed by atoms with Crippen molar-refractivity contribution in [2.24, 2.45) is 11.8 Å². The summed E-state index contributed by atoms with van der Waals surface area (Å²) in [6.07, 6.45) is 4.65. The summed E-state index contributed by atoms with van der Waals surface area (Å²) >= 11 is 12.0. The molecular weight excluding hydrogens is 361 g/mol. The Morgan fingerprint density at radius 3 is 2.84 bits per heavy atom. The highest BCUT2D eigenvalue weighted by Gasteiger charge is 2.28. The summed E-state index contributed by atoms with van der Waals surface area (Å²) in [5, 5.41) is 4.06. The van der Waals surface area contributed by atoms with E-state index < -0.39 is 0 Å². The summed E-state index contributed by atoms with van der Waals surface area (Å²) in [5.74, 6) is 0.845. The third-order valence-electron chi connectivity index (χ3n) is 5.21. The number of hydrogen-bond acceptors (Lipinski definition) is 3. The van der Waals surface area contributed by atoms with Gasteiger partial charge < -0.3 is 5.32 Å². The van der Waals surface area contributed by atoms with Crippen LogP contribution in [0.5, 0.6) is 0 Å². The van der Waals surface area contributed by atoms with Crippen LogP contribution in [0.15, 0.2) is 23.3 Å². The van der Waals surface area contributed by atoms with Gasteiger partial charge in [0.05, 0.1) is 22.3 Å². The number of carbonyl (C=O) groups is 1. The Morgan fingerprint density at radius 1 is 1.32 bits per heavy atom.